The quantitative estimate of drug-likeness (QED) is 0.468. The Kier molecular flexibility index (Phi) is 4.59. The van der Waals surface area contributed by atoms with Gasteiger partial charge in [-0.3, -0.25) is 9.48 Å². The van der Waals surface area contributed by atoms with Gasteiger partial charge in [0.25, 0.3) is 0 Å². The predicted octanol–water partition coefficient (Wildman–Crippen LogP) is 4.15. The van der Waals surface area contributed by atoms with Gasteiger partial charge in [0.15, 0.2) is 5.82 Å². The Labute approximate surface area is 182 Å². The first-order valence-corrected chi connectivity index (χ1v) is 10.1. The van der Waals surface area contributed by atoms with Crippen molar-refractivity contribution in [2.24, 2.45) is 13.0 Å². The molecule has 31 heavy (non-hydrogen) atoms. The molecule has 4 aromatic rings. The van der Waals surface area contributed by atoms with Gasteiger partial charge in [-0.15, -0.1) is 10.2 Å². The molecule has 2 atom stereocenters. The summed E-state index contributed by atoms with van der Waals surface area (Å²) in [6.07, 6.45) is 4.47. The van der Waals surface area contributed by atoms with E-state index in [1.54, 1.807) is 41.2 Å². The van der Waals surface area contributed by atoms with Gasteiger partial charge >= 0.3 is 0 Å². The number of anilines is 2. The van der Waals surface area contributed by atoms with Crippen LogP contribution in [0.3, 0.4) is 0 Å². The number of benzene rings is 2. The topological polar surface area (TPSA) is 98.7 Å². The van der Waals surface area contributed by atoms with Crippen molar-refractivity contribution in [3.05, 3.63) is 65.2 Å². The lowest BCUT2D eigenvalue weighted by Crippen LogP contribution is -2.16. The standard InChI is InChI=1S/C22H18ClFN6O/c1-30-10-13(9-26-30)14-8-15(14)22(31)27-19-7-12-5-11(6-18(25)21(12)29-28-19)20-16(23)3-2-4-17(20)24/h2-7,9-10,14-15H,8,25H2,1H3,(H,27,28,31)/t14-,15+/m1/s1. The van der Waals surface area contributed by atoms with Crippen LogP contribution in [0.1, 0.15) is 17.9 Å². The van der Waals surface area contributed by atoms with E-state index in [1.807, 2.05) is 13.2 Å². The minimum absolute atomic E-state index is 0.122. The lowest BCUT2D eigenvalue weighted by Gasteiger charge is -2.10. The van der Waals surface area contributed by atoms with Gasteiger partial charge in [0.2, 0.25) is 5.91 Å². The molecule has 9 heteroatoms. The predicted molar refractivity (Wildman–Crippen MR) is 117 cm³/mol. The number of hydrogen-bond donors (Lipinski definition) is 2. The highest BCUT2D eigenvalue weighted by atomic mass is 35.5. The molecule has 7 nitrogen and oxygen atoms in total. The number of nitrogens with zero attached hydrogens (tertiary/aromatic N) is 4. The number of nitrogens with two attached hydrogens (primary N) is 1. The van der Waals surface area contributed by atoms with Gasteiger partial charge in [0.05, 0.1) is 16.9 Å². The number of rotatable bonds is 4. The molecule has 156 valence electrons. The summed E-state index contributed by atoms with van der Waals surface area (Å²) < 4.78 is 16.1. The number of fused-ring (bicyclic) bond motifs is 1. The Balaban J connectivity index is 1.42. The molecule has 2 aromatic carbocycles. The van der Waals surface area contributed by atoms with E-state index < -0.39 is 5.82 Å². The normalized spacial score (nSPS) is 17.6. The Morgan fingerprint density at radius 2 is 2.13 bits per heavy atom. The molecule has 0 radical (unpaired) electrons. The average molecular weight is 437 g/mol. The van der Waals surface area contributed by atoms with Gasteiger partial charge in [-0.25, -0.2) is 4.39 Å². The van der Waals surface area contributed by atoms with Crippen molar-refractivity contribution < 1.29 is 9.18 Å². The number of halogens is 2. The Morgan fingerprint density at radius 3 is 2.87 bits per heavy atom. The number of nitrogens with one attached hydrogen (secondary N) is 1. The second kappa shape index (κ2) is 7.31. The summed E-state index contributed by atoms with van der Waals surface area (Å²) in [5, 5.41) is 16.1. The number of carbonyl (C=O) groups excluding carboxylic acids is 1. The highest BCUT2D eigenvalue weighted by molar-refractivity contribution is 6.33. The molecular formula is C22H18ClFN6O. The van der Waals surface area contributed by atoms with Crippen LogP contribution in [0.15, 0.2) is 48.8 Å². The fraction of sp³-hybridized carbons (Fsp3) is 0.182. The van der Waals surface area contributed by atoms with E-state index in [-0.39, 0.29) is 28.3 Å². The first kappa shape index (κ1) is 19.4. The second-order valence-corrected chi connectivity index (χ2v) is 8.12. The molecule has 2 aromatic heterocycles. The smallest absolute Gasteiger partial charge is 0.229 e. The van der Waals surface area contributed by atoms with Crippen LogP contribution in [0.25, 0.3) is 22.0 Å². The first-order valence-electron chi connectivity index (χ1n) is 9.71. The van der Waals surface area contributed by atoms with Crippen molar-refractivity contribution in [2.75, 3.05) is 11.1 Å². The summed E-state index contributed by atoms with van der Waals surface area (Å²) >= 11 is 6.20. The molecule has 1 saturated carbocycles. The molecule has 3 N–H and O–H groups in total. The van der Waals surface area contributed by atoms with Crippen LogP contribution >= 0.6 is 11.6 Å². The maximum atomic E-state index is 14.4. The van der Waals surface area contributed by atoms with Crippen LogP contribution in [-0.4, -0.2) is 25.9 Å². The summed E-state index contributed by atoms with van der Waals surface area (Å²) in [6, 6.07) is 9.52. The number of aryl methyl sites for hydroxylation is 1. The average Bonchev–Trinajstić information content (AvgIpc) is 3.41. The molecule has 1 amide bonds. The molecular weight excluding hydrogens is 419 g/mol. The van der Waals surface area contributed by atoms with Crippen molar-refractivity contribution in [1.82, 2.24) is 20.0 Å². The third kappa shape index (κ3) is 3.59. The zero-order chi connectivity index (χ0) is 21.7. The van der Waals surface area contributed by atoms with Gasteiger partial charge in [0.1, 0.15) is 11.3 Å². The minimum atomic E-state index is -0.447. The van der Waals surface area contributed by atoms with Crippen LogP contribution < -0.4 is 11.1 Å². The van der Waals surface area contributed by atoms with Crippen LogP contribution in [0.2, 0.25) is 5.02 Å². The van der Waals surface area contributed by atoms with E-state index in [1.165, 1.54) is 6.07 Å². The molecule has 0 unspecified atom stereocenters. The molecule has 0 aliphatic heterocycles. The van der Waals surface area contributed by atoms with Crippen molar-refractivity contribution in [1.29, 1.82) is 0 Å². The van der Waals surface area contributed by atoms with Gasteiger partial charge in [0, 0.05) is 30.1 Å². The van der Waals surface area contributed by atoms with E-state index in [9.17, 15) is 9.18 Å². The van der Waals surface area contributed by atoms with Crippen molar-refractivity contribution in [2.45, 2.75) is 12.3 Å². The van der Waals surface area contributed by atoms with E-state index in [0.717, 1.165) is 12.0 Å². The highest BCUT2D eigenvalue weighted by Crippen LogP contribution is 2.47. The zero-order valence-electron chi connectivity index (χ0n) is 16.5. The fourth-order valence-electron chi connectivity index (χ4n) is 3.87. The first-order chi connectivity index (χ1) is 14.9. The molecule has 0 bridgehead atoms. The number of carbonyl (C=O) groups is 1. The second-order valence-electron chi connectivity index (χ2n) is 7.71. The van der Waals surface area contributed by atoms with Crippen LogP contribution in [0.5, 0.6) is 0 Å². The summed E-state index contributed by atoms with van der Waals surface area (Å²) in [7, 11) is 1.85. The summed E-state index contributed by atoms with van der Waals surface area (Å²) in [6.45, 7) is 0. The molecule has 0 saturated heterocycles. The Morgan fingerprint density at radius 1 is 1.29 bits per heavy atom. The number of amides is 1. The summed E-state index contributed by atoms with van der Waals surface area (Å²) in [4.78, 5) is 12.6. The molecule has 0 spiro atoms. The van der Waals surface area contributed by atoms with E-state index in [4.69, 9.17) is 17.3 Å². The molecule has 5 rings (SSSR count). The molecule has 1 aliphatic rings. The van der Waals surface area contributed by atoms with Crippen LogP contribution in [-0.2, 0) is 11.8 Å². The molecule has 1 aliphatic carbocycles. The number of aromatic nitrogens is 4. The SMILES string of the molecule is Cn1cc([C@H]2C[C@@H]2C(=O)Nc2cc3cc(-c4c(F)cccc4Cl)cc(N)c3nn2)cn1. The third-order valence-electron chi connectivity index (χ3n) is 5.50. The highest BCUT2D eigenvalue weighted by Gasteiger charge is 2.44. The minimum Gasteiger partial charge on any atom is -0.397 e. The van der Waals surface area contributed by atoms with Crippen molar-refractivity contribution in [3.63, 3.8) is 0 Å². The summed E-state index contributed by atoms with van der Waals surface area (Å²) in [5.74, 6) is -0.228. The van der Waals surface area contributed by atoms with E-state index in [0.29, 0.717) is 28.0 Å². The van der Waals surface area contributed by atoms with Crippen molar-refractivity contribution in [3.8, 4) is 11.1 Å². The van der Waals surface area contributed by atoms with E-state index in [2.05, 4.69) is 20.6 Å². The van der Waals surface area contributed by atoms with Gasteiger partial charge in [-0.05, 0) is 53.8 Å². The fourth-order valence-corrected chi connectivity index (χ4v) is 4.14. The Bertz CT molecular complexity index is 1320. The maximum absolute atomic E-state index is 14.4. The van der Waals surface area contributed by atoms with Gasteiger partial charge < -0.3 is 11.1 Å². The monoisotopic (exact) mass is 436 g/mol. The van der Waals surface area contributed by atoms with E-state index >= 15 is 0 Å². The van der Waals surface area contributed by atoms with Crippen molar-refractivity contribution >= 4 is 39.9 Å². The van der Waals surface area contributed by atoms with Crippen LogP contribution in [0.4, 0.5) is 15.9 Å². The third-order valence-corrected chi connectivity index (χ3v) is 5.82. The van der Waals surface area contributed by atoms with Crippen LogP contribution in [0, 0.1) is 11.7 Å². The molecule has 2 heterocycles. The number of nitrogen functional groups attached to an aromatic ring is 1. The van der Waals surface area contributed by atoms with Gasteiger partial charge in [-0.2, -0.15) is 5.10 Å². The largest absolute Gasteiger partial charge is 0.397 e. The zero-order valence-corrected chi connectivity index (χ0v) is 17.3. The molecule has 1 fully saturated rings. The lowest BCUT2D eigenvalue weighted by molar-refractivity contribution is -0.117. The Hall–Kier alpha value is -3.52. The van der Waals surface area contributed by atoms with Gasteiger partial charge in [-0.1, -0.05) is 17.7 Å². The lowest BCUT2D eigenvalue weighted by atomic mass is 10.0. The maximum Gasteiger partial charge on any atom is 0.229 e. The number of hydrogen-bond acceptors (Lipinski definition) is 5. The summed E-state index contributed by atoms with van der Waals surface area (Å²) in [5.41, 5.74) is 8.77.